The molecular weight excluding hydrogens is 378 g/mol. The lowest BCUT2D eigenvalue weighted by Gasteiger charge is -2.38. The van der Waals surface area contributed by atoms with Crippen molar-refractivity contribution < 1.29 is 19.0 Å². The molecule has 1 atom stereocenters. The van der Waals surface area contributed by atoms with Crippen LogP contribution in [0.3, 0.4) is 0 Å². The maximum absolute atomic E-state index is 11.4. The van der Waals surface area contributed by atoms with Gasteiger partial charge in [0.05, 0.1) is 6.61 Å². The van der Waals surface area contributed by atoms with Gasteiger partial charge in [-0.05, 0) is 34.9 Å². The van der Waals surface area contributed by atoms with Gasteiger partial charge in [0, 0.05) is 11.0 Å². The average molecular weight is 403 g/mol. The van der Waals surface area contributed by atoms with Crippen LogP contribution < -0.4 is 15.2 Å². The van der Waals surface area contributed by atoms with Gasteiger partial charge in [0.25, 0.3) is 0 Å². The molecule has 1 aliphatic heterocycles. The smallest absolute Gasteiger partial charge is 0.405 e. The second kappa shape index (κ2) is 8.11. The first kappa shape index (κ1) is 19.8. The molecule has 3 aromatic carbocycles. The molecule has 2 N–H and O–H groups in total. The van der Waals surface area contributed by atoms with Crippen LogP contribution in [0.1, 0.15) is 31.1 Å². The summed E-state index contributed by atoms with van der Waals surface area (Å²) in [6.07, 6.45) is -1.23. The number of rotatable bonds is 5. The lowest BCUT2D eigenvalue weighted by molar-refractivity contribution is -0.0176. The zero-order valence-electron chi connectivity index (χ0n) is 17.1. The minimum Gasteiger partial charge on any atom is -0.492 e. The zero-order chi connectivity index (χ0) is 21.1. The molecule has 1 heterocycles. The molecule has 1 unspecified atom stereocenters. The topological polar surface area (TPSA) is 70.8 Å². The van der Waals surface area contributed by atoms with Crippen LogP contribution in [0.4, 0.5) is 4.79 Å². The molecule has 4 rings (SSSR count). The van der Waals surface area contributed by atoms with Crippen molar-refractivity contribution in [1.82, 2.24) is 0 Å². The van der Waals surface area contributed by atoms with Crippen molar-refractivity contribution in [2.45, 2.75) is 26.6 Å². The first-order chi connectivity index (χ1) is 14.4. The molecule has 1 amide bonds. The van der Waals surface area contributed by atoms with E-state index in [9.17, 15) is 4.79 Å². The first-order valence-electron chi connectivity index (χ1n) is 9.92. The van der Waals surface area contributed by atoms with E-state index in [1.807, 2.05) is 86.6 Å². The standard InChI is InChI=1S/C25H25NO4/c1-25(2)16-29-22-14-19(11-12-21(22)23(25)30-24(26)27)18-9-6-10-20(13-18)28-15-17-7-4-3-5-8-17/h3-14,23H,15-16H2,1-2H3,(H2,26,27). The van der Waals surface area contributed by atoms with E-state index in [-0.39, 0.29) is 5.41 Å². The molecule has 0 fully saturated rings. The summed E-state index contributed by atoms with van der Waals surface area (Å²) in [5, 5.41) is 0. The molecule has 30 heavy (non-hydrogen) atoms. The van der Waals surface area contributed by atoms with Gasteiger partial charge in [-0.2, -0.15) is 0 Å². The Hall–Kier alpha value is -3.47. The quantitative estimate of drug-likeness (QED) is 0.612. The van der Waals surface area contributed by atoms with Gasteiger partial charge in [-0.3, -0.25) is 0 Å². The molecule has 0 aliphatic carbocycles. The number of fused-ring (bicyclic) bond motifs is 1. The van der Waals surface area contributed by atoms with E-state index in [4.69, 9.17) is 19.9 Å². The molecule has 0 bridgehead atoms. The minimum absolute atomic E-state index is 0.366. The third-order valence-corrected chi connectivity index (χ3v) is 5.26. The third-order valence-electron chi connectivity index (χ3n) is 5.26. The van der Waals surface area contributed by atoms with Crippen LogP contribution in [0.15, 0.2) is 72.8 Å². The highest BCUT2D eigenvalue weighted by molar-refractivity contribution is 5.69. The molecule has 1 aliphatic rings. The zero-order valence-corrected chi connectivity index (χ0v) is 17.1. The summed E-state index contributed by atoms with van der Waals surface area (Å²) in [5.41, 5.74) is 8.88. The Balaban J connectivity index is 1.57. The summed E-state index contributed by atoms with van der Waals surface area (Å²) in [5.74, 6) is 1.50. The molecule has 0 spiro atoms. The van der Waals surface area contributed by atoms with Crippen LogP contribution in [0.25, 0.3) is 11.1 Å². The maximum Gasteiger partial charge on any atom is 0.405 e. The summed E-state index contributed by atoms with van der Waals surface area (Å²) < 4.78 is 17.3. The fraction of sp³-hybridized carbons (Fsp3) is 0.240. The number of amides is 1. The summed E-state index contributed by atoms with van der Waals surface area (Å²) in [7, 11) is 0. The highest BCUT2D eigenvalue weighted by atomic mass is 16.6. The molecule has 0 radical (unpaired) electrons. The SMILES string of the molecule is CC1(C)COc2cc(-c3cccc(OCc4ccccc4)c3)ccc2C1OC(N)=O. The van der Waals surface area contributed by atoms with Crippen molar-refractivity contribution in [3.8, 4) is 22.6 Å². The Morgan fingerprint density at radius 1 is 1.03 bits per heavy atom. The van der Waals surface area contributed by atoms with Crippen molar-refractivity contribution in [3.63, 3.8) is 0 Å². The van der Waals surface area contributed by atoms with Gasteiger partial charge in [-0.1, -0.05) is 68.4 Å². The Bertz CT molecular complexity index is 1050. The van der Waals surface area contributed by atoms with Crippen LogP contribution in [0.2, 0.25) is 0 Å². The van der Waals surface area contributed by atoms with Crippen molar-refractivity contribution in [2.75, 3.05) is 6.61 Å². The number of benzene rings is 3. The molecule has 0 saturated heterocycles. The van der Waals surface area contributed by atoms with E-state index in [1.54, 1.807) is 0 Å². The van der Waals surface area contributed by atoms with Gasteiger partial charge < -0.3 is 19.9 Å². The van der Waals surface area contributed by atoms with Gasteiger partial charge in [-0.15, -0.1) is 0 Å². The molecular formula is C25H25NO4. The maximum atomic E-state index is 11.4. The lowest BCUT2D eigenvalue weighted by Crippen LogP contribution is -2.37. The largest absolute Gasteiger partial charge is 0.492 e. The van der Waals surface area contributed by atoms with Crippen LogP contribution in [0.5, 0.6) is 11.5 Å². The molecule has 3 aromatic rings. The van der Waals surface area contributed by atoms with E-state index in [2.05, 4.69) is 0 Å². The van der Waals surface area contributed by atoms with Crippen LogP contribution in [-0.2, 0) is 11.3 Å². The normalized spacial score (nSPS) is 16.8. The summed E-state index contributed by atoms with van der Waals surface area (Å²) in [6.45, 7) is 4.93. The van der Waals surface area contributed by atoms with Crippen molar-refractivity contribution in [2.24, 2.45) is 11.1 Å². The monoisotopic (exact) mass is 403 g/mol. The van der Waals surface area contributed by atoms with Gasteiger partial charge >= 0.3 is 6.09 Å². The number of carbonyl (C=O) groups excluding carboxylic acids is 1. The predicted molar refractivity (Wildman–Crippen MR) is 115 cm³/mol. The van der Waals surface area contributed by atoms with Crippen molar-refractivity contribution in [1.29, 1.82) is 0 Å². The fourth-order valence-electron chi connectivity index (χ4n) is 3.66. The number of ether oxygens (including phenoxy) is 3. The first-order valence-corrected chi connectivity index (χ1v) is 9.92. The van der Waals surface area contributed by atoms with Gasteiger partial charge in [0.1, 0.15) is 24.2 Å². The van der Waals surface area contributed by atoms with Crippen molar-refractivity contribution >= 4 is 6.09 Å². The van der Waals surface area contributed by atoms with Crippen LogP contribution in [0, 0.1) is 5.41 Å². The summed E-state index contributed by atoms with van der Waals surface area (Å²) >= 11 is 0. The predicted octanol–water partition coefficient (Wildman–Crippen LogP) is 5.49. The highest BCUT2D eigenvalue weighted by Gasteiger charge is 2.40. The third kappa shape index (κ3) is 4.25. The number of hydrogen-bond acceptors (Lipinski definition) is 4. The van der Waals surface area contributed by atoms with Gasteiger partial charge in [0.2, 0.25) is 0 Å². The summed E-state index contributed by atoms with van der Waals surface area (Å²) in [4.78, 5) is 11.4. The Labute approximate surface area is 176 Å². The molecule has 0 aromatic heterocycles. The highest BCUT2D eigenvalue weighted by Crippen LogP contribution is 2.46. The second-order valence-corrected chi connectivity index (χ2v) is 8.15. The average Bonchev–Trinajstić information content (AvgIpc) is 2.75. The van der Waals surface area contributed by atoms with Crippen LogP contribution >= 0.6 is 0 Å². The molecule has 154 valence electrons. The fourth-order valence-corrected chi connectivity index (χ4v) is 3.66. The molecule has 0 saturated carbocycles. The Morgan fingerprint density at radius 2 is 1.80 bits per heavy atom. The van der Waals surface area contributed by atoms with E-state index in [1.165, 1.54) is 0 Å². The van der Waals surface area contributed by atoms with Gasteiger partial charge in [-0.25, -0.2) is 4.79 Å². The lowest BCUT2D eigenvalue weighted by atomic mass is 9.80. The minimum atomic E-state index is -0.784. The number of primary amides is 1. The van der Waals surface area contributed by atoms with E-state index >= 15 is 0 Å². The summed E-state index contributed by atoms with van der Waals surface area (Å²) in [6, 6.07) is 23.9. The van der Waals surface area contributed by atoms with Crippen molar-refractivity contribution in [3.05, 3.63) is 83.9 Å². The van der Waals surface area contributed by atoms with E-state index < -0.39 is 12.2 Å². The number of carbonyl (C=O) groups is 1. The van der Waals surface area contributed by atoms with Gasteiger partial charge in [0.15, 0.2) is 0 Å². The van der Waals surface area contributed by atoms with Crippen LogP contribution in [-0.4, -0.2) is 12.7 Å². The van der Waals surface area contributed by atoms with E-state index in [0.29, 0.717) is 19.0 Å². The Morgan fingerprint density at radius 3 is 2.57 bits per heavy atom. The second-order valence-electron chi connectivity index (χ2n) is 8.15. The molecule has 5 nitrogen and oxygen atoms in total. The van der Waals surface area contributed by atoms with E-state index in [0.717, 1.165) is 28.0 Å². The number of nitrogens with two attached hydrogens (primary N) is 1. The molecule has 5 heteroatoms. The number of hydrogen-bond donors (Lipinski definition) is 1. The Kier molecular flexibility index (Phi) is 5.36.